The summed E-state index contributed by atoms with van der Waals surface area (Å²) in [5.41, 5.74) is 5.82. The molecule has 1 aromatic rings. The number of anilines is 2. The van der Waals surface area contributed by atoms with Gasteiger partial charge in [-0.1, -0.05) is 11.3 Å². The third-order valence-corrected chi connectivity index (χ3v) is 4.28. The van der Waals surface area contributed by atoms with Gasteiger partial charge in [0.2, 0.25) is 5.91 Å². The molecule has 2 amide bonds. The van der Waals surface area contributed by atoms with Gasteiger partial charge in [-0.05, 0) is 0 Å². The van der Waals surface area contributed by atoms with Crippen molar-refractivity contribution in [1.82, 2.24) is 20.9 Å². The molecular formula is C12H20N6O2S. The monoisotopic (exact) mass is 312 g/mol. The van der Waals surface area contributed by atoms with Crippen LogP contribution in [-0.2, 0) is 4.79 Å². The van der Waals surface area contributed by atoms with Crippen molar-refractivity contribution >= 4 is 34.1 Å². The lowest BCUT2D eigenvalue weighted by Crippen LogP contribution is -2.43. The van der Waals surface area contributed by atoms with Gasteiger partial charge < -0.3 is 26.6 Å². The smallest absolute Gasteiger partial charge is 0.265 e. The summed E-state index contributed by atoms with van der Waals surface area (Å²) in [6.45, 7) is 3.77. The highest BCUT2D eigenvalue weighted by atomic mass is 32.1. The van der Waals surface area contributed by atoms with E-state index in [4.69, 9.17) is 5.73 Å². The summed E-state index contributed by atoms with van der Waals surface area (Å²) in [5, 5.41) is 9.21. The fourth-order valence-electron chi connectivity index (χ4n) is 1.97. The minimum absolute atomic E-state index is 0.117. The lowest BCUT2D eigenvalue weighted by Gasteiger charge is -2.26. The highest BCUT2D eigenvalue weighted by Gasteiger charge is 2.20. The highest BCUT2D eigenvalue weighted by molar-refractivity contribution is 7.18. The van der Waals surface area contributed by atoms with E-state index in [-0.39, 0.29) is 30.6 Å². The molecule has 2 heterocycles. The van der Waals surface area contributed by atoms with E-state index in [9.17, 15) is 9.59 Å². The topological polar surface area (TPSA) is 112 Å². The second-order valence-electron chi connectivity index (χ2n) is 4.63. The van der Waals surface area contributed by atoms with Crippen LogP contribution in [-0.4, -0.2) is 56.6 Å². The molecular weight excluding hydrogens is 292 g/mol. The second kappa shape index (κ2) is 7.23. The van der Waals surface area contributed by atoms with E-state index in [0.717, 1.165) is 31.3 Å². The summed E-state index contributed by atoms with van der Waals surface area (Å²) < 4.78 is 0. The molecule has 1 aliphatic rings. The Morgan fingerprint density at radius 2 is 2.14 bits per heavy atom. The molecule has 1 fully saturated rings. The first-order valence-corrected chi connectivity index (χ1v) is 7.64. The number of aromatic nitrogens is 1. The zero-order chi connectivity index (χ0) is 15.2. The summed E-state index contributed by atoms with van der Waals surface area (Å²) in [6.07, 6.45) is 0.242. The summed E-state index contributed by atoms with van der Waals surface area (Å²) >= 11 is 1.29. The molecule has 9 heteroatoms. The van der Waals surface area contributed by atoms with Crippen molar-refractivity contribution in [2.45, 2.75) is 6.42 Å². The van der Waals surface area contributed by atoms with Gasteiger partial charge in [0.05, 0.1) is 0 Å². The van der Waals surface area contributed by atoms with Crippen molar-refractivity contribution in [2.75, 3.05) is 50.4 Å². The molecule has 21 heavy (non-hydrogen) atoms. The number of thiazole rings is 1. The Labute approximate surface area is 127 Å². The summed E-state index contributed by atoms with van der Waals surface area (Å²) in [5.74, 6) is -0.157. The van der Waals surface area contributed by atoms with Crippen molar-refractivity contribution in [3.05, 3.63) is 4.88 Å². The van der Waals surface area contributed by atoms with Crippen LogP contribution in [0.25, 0.3) is 0 Å². The van der Waals surface area contributed by atoms with Crippen LogP contribution in [0.5, 0.6) is 0 Å². The van der Waals surface area contributed by atoms with Gasteiger partial charge >= 0.3 is 0 Å². The maximum Gasteiger partial charge on any atom is 0.265 e. The quantitative estimate of drug-likeness (QED) is 0.555. The number of amides is 2. The highest BCUT2D eigenvalue weighted by Crippen LogP contribution is 2.28. The number of carbonyl (C=O) groups is 2. The molecule has 5 N–H and O–H groups in total. The lowest BCUT2D eigenvalue weighted by atomic mass is 10.4. The maximum atomic E-state index is 12.0. The van der Waals surface area contributed by atoms with E-state index in [1.807, 2.05) is 0 Å². The number of rotatable bonds is 5. The van der Waals surface area contributed by atoms with Crippen LogP contribution in [0, 0.1) is 0 Å². The second-order valence-corrected chi connectivity index (χ2v) is 5.60. The van der Waals surface area contributed by atoms with E-state index in [1.165, 1.54) is 11.3 Å². The lowest BCUT2D eigenvalue weighted by molar-refractivity contribution is -0.120. The standard InChI is InChI=1S/C12H20N6O2S/c1-14-8(19)2-3-16-11(20)9-10(13)17-12(21-9)18-6-4-15-5-7-18/h15H,2-7,13H2,1H3,(H,14,19)(H,16,20). The molecule has 0 radical (unpaired) electrons. The predicted molar refractivity (Wildman–Crippen MR) is 82.6 cm³/mol. The van der Waals surface area contributed by atoms with Crippen molar-refractivity contribution in [1.29, 1.82) is 0 Å². The zero-order valence-corrected chi connectivity index (χ0v) is 12.8. The fraction of sp³-hybridized carbons (Fsp3) is 0.583. The Balaban J connectivity index is 1.94. The number of nitrogens with one attached hydrogen (secondary N) is 3. The number of hydrogen-bond donors (Lipinski definition) is 4. The Morgan fingerprint density at radius 1 is 1.43 bits per heavy atom. The molecule has 0 aliphatic carbocycles. The van der Waals surface area contributed by atoms with Gasteiger partial charge in [-0.25, -0.2) is 4.98 Å². The molecule has 0 saturated carbocycles. The maximum absolute atomic E-state index is 12.0. The molecule has 0 spiro atoms. The number of piperazine rings is 1. The SMILES string of the molecule is CNC(=O)CCNC(=O)c1sc(N2CCNCC2)nc1N. The van der Waals surface area contributed by atoms with E-state index in [2.05, 4.69) is 25.8 Å². The van der Waals surface area contributed by atoms with Crippen LogP contribution in [0.15, 0.2) is 0 Å². The molecule has 0 bridgehead atoms. The van der Waals surface area contributed by atoms with Gasteiger partial charge in [0.1, 0.15) is 10.7 Å². The molecule has 1 saturated heterocycles. The first-order chi connectivity index (χ1) is 10.1. The van der Waals surface area contributed by atoms with Gasteiger partial charge in [-0.2, -0.15) is 0 Å². The molecule has 0 aromatic carbocycles. The van der Waals surface area contributed by atoms with Crippen molar-refractivity contribution < 1.29 is 9.59 Å². The number of carbonyl (C=O) groups excluding carboxylic acids is 2. The number of hydrogen-bond acceptors (Lipinski definition) is 7. The normalized spacial score (nSPS) is 14.8. The van der Waals surface area contributed by atoms with Gasteiger partial charge in [0, 0.05) is 46.2 Å². The molecule has 2 rings (SSSR count). The fourth-order valence-corrected chi connectivity index (χ4v) is 2.92. The summed E-state index contributed by atoms with van der Waals surface area (Å²) in [7, 11) is 1.56. The number of nitrogens with two attached hydrogens (primary N) is 1. The first kappa shape index (κ1) is 15.5. The molecule has 1 aliphatic heterocycles. The minimum atomic E-state index is -0.282. The van der Waals surface area contributed by atoms with Crippen LogP contribution >= 0.6 is 11.3 Å². The van der Waals surface area contributed by atoms with Gasteiger partial charge in [-0.15, -0.1) is 0 Å². The van der Waals surface area contributed by atoms with Gasteiger partial charge in [0.15, 0.2) is 5.13 Å². The first-order valence-electron chi connectivity index (χ1n) is 6.82. The largest absolute Gasteiger partial charge is 0.382 e. The van der Waals surface area contributed by atoms with E-state index < -0.39 is 0 Å². The predicted octanol–water partition coefficient (Wildman–Crippen LogP) is -0.999. The number of nitrogen functional groups attached to an aromatic ring is 1. The molecule has 1 aromatic heterocycles. The molecule has 8 nitrogen and oxygen atoms in total. The van der Waals surface area contributed by atoms with Crippen LogP contribution < -0.4 is 26.6 Å². The van der Waals surface area contributed by atoms with E-state index in [1.54, 1.807) is 7.05 Å². The van der Waals surface area contributed by atoms with Gasteiger partial charge in [0.25, 0.3) is 5.91 Å². The van der Waals surface area contributed by atoms with Crippen LogP contribution in [0.2, 0.25) is 0 Å². The average molecular weight is 312 g/mol. The third kappa shape index (κ3) is 4.05. The molecule has 0 unspecified atom stereocenters. The summed E-state index contributed by atoms with van der Waals surface area (Å²) in [6, 6.07) is 0. The van der Waals surface area contributed by atoms with Crippen molar-refractivity contribution in [3.8, 4) is 0 Å². The Hall–Kier alpha value is -1.87. The minimum Gasteiger partial charge on any atom is -0.382 e. The van der Waals surface area contributed by atoms with Gasteiger partial charge in [-0.3, -0.25) is 9.59 Å². The van der Waals surface area contributed by atoms with E-state index >= 15 is 0 Å². The van der Waals surface area contributed by atoms with E-state index in [0.29, 0.717) is 4.88 Å². The molecule has 0 atom stereocenters. The summed E-state index contributed by atoms with van der Waals surface area (Å²) in [4.78, 5) is 29.9. The Kier molecular flexibility index (Phi) is 5.34. The third-order valence-electron chi connectivity index (χ3n) is 3.15. The van der Waals surface area contributed by atoms with Crippen molar-refractivity contribution in [3.63, 3.8) is 0 Å². The van der Waals surface area contributed by atoms with Crippen LogP contribution in [0.3, 0.4) is 0 Å². The van der Waals surface area contributed by atoms with Crippen LogP contribution in [0.1, 0.15) is 16.1 Å². The van der Waals surface area contributed by atoms with Crippen LogP contribution in [0.4, 0.5) is 10.9 Å². The average Bonchev–Trinajstić information content (AvgIpc) is 2.90. The Morgan fingerprint density at radius 3 is 2.81 bits per heavy atom. The Bertz CT molecular complexity index is 512. The molecule has 116 valence electrons. The zero-order valence-electron chi connectivity index (χ0n) is 11.9. The van der Waals surface area contributed by atoms with Crippen molar-refractivity contribution in [2.24, 2.45) is 0 Å². The number of nitrogens with zero attached hydrogens (tertiary/aromatic N) is 2.